The molecular weight excluding hydrogens is 400 g/mol. The minimum atomic E-state index is -0.409. The van der Waals surface area contributed by atoms with Gasteiger partial charge in [-0.2, -0.15) is 0 Å². The SMILES string of the molecule is CC(C)CN1C(=S)N[C@H](c2ccccn2)[C@@H]1c1ccc(-c2cccc([N+](=O)[O-])c2)o1. The number of benzene rings is 1. The van der Waals surface area contributed by atoms with Crippen LogP contribution in [0.15, 0.2) is 65.2 Å². The predicted molar refractivity (Wildman–Crippen MR) is 118 cm³/mol. The summed E-state index contributed by atoms with van der Waals surface area (Å²) in [7, 11) is 0. The zero-order valence-corrected chi connectivity index (χ0v) is 17.5. The summed E-state index contributed by atoms with van der Waals surface area (Å²) in [6.45, 7) is 5.06. The van der Waals surface area contributed by atoms with Crippen molar-refractivity contribution in [3.05, 3.63) is 82.4 Å². The molecule has 0 bridgehead atoms. The summed E-state index contributed by atoms with van der Waals surface area (Å²) < 4.78 is 6.21. The van der Waals surface area contributed by atoms with E-state index in [0.717, 1.165) is 18.0 Å². The molecule has 1 aliphatic heterocycles. The molecule has 3 aromatic rings. The number of aromatic nitrogens is 1. The average Bonchev–Trinajstić information content (AvgIpc) is 3.34. The highest BCUT2D eigenvalue weighted by molar-refractivity contribution is 7.80. The minimum absolute atomic E-state index is 0.0296. The van der Waals surface area contributed by atoms with Crippen LogP contribution < -0.4 is 5.32 Å². The number of pyridine rings is 1. The van der Waals surface area contributed by atoms with Crippen molar-refractivity contribution >= 4 is 23.0 Å². The van der Waals surface area contributed by atoms with Gasteiger partial charge in [0.05, 0.1) is 16.7 Å². The molecule has 7 nitrogen and oxygen atoms in total. The lowest BCUT2D eigenvalue weighted by atomic mass is 10.0. The van der Waals surface area contributed by atoms with Crippen LogP contribution >= 0.6 is 12.2 Å². The van der Waals surface area contributed by atoms with Crippen LogP contribution in [0.25, 0.3) is 11.3 Å². The average molecular weight is 423 g/mol. The van der Waals surface area contributed by atoms with Gasteiger partial charge in [-0.05, 0) is 42.4 Å². The van der Waals surface area contributed by atoms with Gasteiger partial charge >= 0.3 is 0 Å². The lowest BCUT2D eigenvalue weighted by molar-refractivity contribution is -0.384. The highest BCUT2D eigenvalue weighted by atomic mass is 32.1. The number of thiocarbonyl (C=S) groups is 1. The molecule has 3 heterocycles. The molecule has 0 spiro atoms. The number of nitro groups is 1. The van der Waals surface area contributed by atoms with E-state index in [0.29, 0.717) is 22.4 Å². The van der Waals surface area contributed by atoms with Gasteiger partial charge in [-0.15, -0.1) is 0 Å². The van der Waals surface area contributed by atoms with Crippen LogP contribution in [-0.4, -0.2) is 26.5 Å². The van der Waals surface area contributed by atoms with Gasteiger partial charge in [0.2, 0.25) is 0 Å². The molecule has 30 heavy (non-hydrogen) atoms. The molecule has 154 valence electrons. The molecule has 0 unspecified atom stereocenters. The summed E-state index contributed by atoms with van der Waals surface area (Å²) in [6, 6.07) is 15.7. The van der Waals surface area contributed by atoms with Gasteiger partial charge in [0.25, 0.3) is 5.69 Å². The van der Waals surface area contributed by atoms with Crippen LogP contribution in [0, 0.1) is 16.0 Å². The first kappa shape index (κ1) is 20.0. The van der Waals surface area contributed by atoms with Crippen molar-refractivity contribution in [2.24, 2.45) is 5.92 Å². The first-order valence-corrected chi connectivity index (χ1v) is 10.2. The van der Waals surface area contributed by atoms with Gasteiger partial charge in [0.1, 0.15) is 17.6 Å². The zero-order valence-electron chi connectivity index (χ0n) is 16.7. The van der Waals surface area contributed by atoms with Gasteiger partial charge in [-0.1, -0.05) is 32.0 Å². The van der Waals surface area contributed by atoms with Gasteiger partial charge in [-0.25, -0.2) is 0 Å². The van der Waals surface area contributed by atoms with Crippen LogP contribution in [0.3, 0.4) is 0 Å². The number of furan rings is 1. The van der Waals surface area contributed by atoms with Crippen LogP contribution in [0.5, 0.6) is 0 Å². The van der Waals surface area contributed by atoms with Crippen LogP contribution in [0.2, 0.25) is 0 Å². The van der Waals surface area contributed by atoms with E-state index in [2.05, 4.69) is 29.0 Å². The Morgan fingerprint density at radius 3 is 2.77 bits per heavy atom. The lowest BCUT2D eigenvalue weighted by Gasteiger charge is -2.27. The third kappa shape index (κ3) is 3.91. The summed E-state index contributed by atoms with van der Waals surface area (Å²) in [5, 5.41) is 15.2. The van der Waals surface area contributed by atoms with Crippen molar-refractivity contribution in [3.8, 4) is 11.3 Å². The summed E-state index contributed by atoms with van der Waals surface area (Å²) in [4.78, 5) is 17.4. The number of hydrogen-bond donors (Lipinski definition) is 1. The topological polar surface area (TPSA) is 84.4 Å². The highest BCUT2D eigenvalue weighted by Gasteiger charge is 2.41. The first-order chi connectivity index (χ1) is 14.4. The van der Waals surface area contributed by atoms with E-state index < -0.39 is 4.92 Å². The maximum atomic E-state index is 11.1. The third-order valence-corrected chi connectivity index (χ3v) is 5.37. The molecule has 0 radical (unpaired) electrons. The van der Waals surface area contributed by atoms with Crippen molar-refractivity contribution in [2.75, 3.05) is 6.54 Å². The van der Waals surface area contributed by atoms with Crippen molar-refractivity contribution in [2.45, 2.75) is 25.9 Å². The molecule has 1 aliphatic rings. The molecule has 8 heteroatoms. The van der Waals surface area contributed by atoms with E-state index in [1.807, 2.05) is 30.3 Å². The van der Waals surface area contributed by atoms with Gasteiger partial charge in [0, 0.05) is 30.4 Å². The fraction of sp³-hybridized carbons (Fsp3) is 0.273. The summed E-state index contributed by atoms with van der Waals surface area (Å²) in [5.74, 6) is 1.72. The number of nitro benzene ring substituents is 1. The number of hydrogen-bond acceptors (Lipinski definition) is 5. The molecule has 1 aromatic carbocycles. The van der Waals surface area contributed by atoms with E-state index in [-0.39, 0.29) is 17.8 Å². The summed E-state index contributed by atoms with van der Waals surface area (Å²) in [6.07, 6.45) is 1.76. The highest BCUT2D eigenvalue weighted by Crippen LogP contribution is 2.40. The van der Waals surface area contributed by atoms with Crippen LogP contribution in [-0.2, 0) is 0 Å². The fourth-order valence-corrected chi connectivity index (χ4v) is 4.06. The van der Waals surface area contributed by atoms with Crippen molar-refractivity contribution < 1.29 is 9.34 Å². The lowest BCUT2D eigenvalue weighted by Crippen LogP contribution is -2.32. The predicted octanol–water partition coefficient (Wildman–Crippen LogP) is 4.88. The molecule has 2 atom stereocenters. The molecule has 1 saturated heterocycles. The van der Waals surface area contributed by atoms with E-state index >= 15 is 0 Å². The minimum Gasteiger partial charge on any atom is -0.459 e. The summed E-state index contributed by atoms with van der Waals surface area (Å²) >= 11 is 5.63. The smallest absolute Gasteiger partial charge is 0.270 e. The fourth-order valence-electron chi connectivity index (χ4n) is 3.74. The Kier molecular flexibility index (Phi) is 5.50. The molecule has 1 fully saturated rings. The Morgan fingerprint density at radius 1 is 1.23 bits per heavy atom. The number of rotatable bonds is 6. The van der Waals surface area contributed by atoms with E-state index in [9.17, 15) is 10.1 Å². The third-order valence-electron chi connectivity index (χ3n) is 5.02. The zero-order chi connectivity index (χ0) is 21.3. The van der Waals surface area contributed by atoms with Crippen LogP contribution in [0.1, 0.15) is 37.4 Å². The molecule has 0 amide bonds. The van der Waals surface area contributed by atoms with E-state index in [1.54, 1.807) is 18.3 Å². The standard InChI is InChI=1S/C22H22N4O3S/c1-14(2)13-25-21(20(24-22(25)30)17-8-3-4-11-23-17)19-10-9-18(29-19)15-6-5-7-16(12-15)26(27)28/h3-12,14,20-21H,13H2,1-2H3,(H,24,30)/t20-,21+/m1/s1. The summed E-state index contributed by atoms with van der Waals surface area (Å²) in [5.41, 5.74) is 1.57. The number of nitrogens with one attached hydrogen (secondary N) is 1. The van der Waals surface area contributed by atoms with Gasteiger partial charge in [-0.3, -0.25) is 15.1 Å². The largest absolute Gasteiger partial charge is 0.459 e. The number of nitrogens with zero attached hydrogens (tertiary/aromatic N) is 3. The van der Waals surface area contributed by atoms with Crippen molar-refractivity contribution in [1.82, 2.24) is 15.2 Å². The second-order valence-electron chi connectivity index (χ2n) is 7.68. The number of non-ortho nitro benzene ring substituents is 1. The second kappa shape index (κ2) is 8.23. The molecular formula is C22H22N4O3S. The molecule has 4 rings (SSSR count). The van der Waals surface area contributed by atoms with Gasteiger partial charge < -0.3 is 14.6 Å². The van der Waals surface area contributed by atoms with Gasteiger partial charge in [0.15, 0.2) is 5.11 Å². The quantitative estimate of drug-likeness (QED) is 0.344. The van der Waals surface area contributed by atoms with Crippen molar-refractivity contribution in [3.63, 3.8) is 0 Å². The molecule has 0 aliphatic carbocycles. The normalized spacial score (nSPS) is 18.6. The first-order valence-electron chi connectivity index (χ1n) is 9.76. The Hall–Kier alpha value is -3.26. The Labute approximate surface area is 179 Å². The molecule has 2 aromatic heterocycles. The maximum absolute atomic E-state index is 11.1. The Bertz CT molecular complexity index is 1070. The Morgan fingerprint density at radius 2 is 2.07 bits per heavy atom. The Balaban J connectivity index is 1.72. The maximum Gasteiger partial charge on any atom is 0.270 e. The molecule has 0 saturated carbocycles. The van der Waals surface area contributed by atoms with Crippen molar-refractivity contribution in [1.29, 1.82) is 0 Å². The second-order valence-corrected chi connectivity index (χ2v) is 8.07. The molecule has 1 N–H and O–H groups in total. The van der Waals surface area contributed by atoms with Crippen LogP contribution in [0.4, 0.5) is 5.69 Å². The monoisotopic (exact) mass is 422 g/mol. The van der Waals surface area contributed by atoms with E-state index in [4.69, 9.17) is 16.6 Å². The van der Waals surface area contributed by atoms with E-state index in [1.165, 1.54) is 12.1 Å².